The van der Waals surface area contributed by atoms with Crippen LogP contribution in [-0.2, 0) is 9.53 Å². The highest BCUT2D eigenvalue weighted by Gasteiger charge is 2.16. The van der Waals surface area contributed by atoms with Crippen LogP contribution in [0.4, 0.5) is 5.69 Å². The minimum Gasteiger partial charge on any atom is -0.465 e. The lowest BCUT2D eigenvalue weighted by Gasteiger charge is -2.10. The summed E-state index contributed by atoms with van der Waals surface area (Å²) in [5, 5.41) is 5.19. The number of nitrogens with two attached hydrogens (primary N) is 1. The van der Waals surface area contributed by atoms with Gasteiger partial charge in [0.25, 0.3) is 0 Å². The van der Waals surface area contributed by atoms with Gasteiger partial charge >= 0.3 is 5.97 Å². The summed E-state index contributed by atoms with van der Waals surface area (Å²) in [6, 6.07) is 0.218. The molecule has 0 radical (unpaired) electrons. The molecule has 1 aromatic heterocycles. The van der Waals surface area contributed by atoms with E-state index in [2.05, 4.69) is 5.10 Å². The van der Waals surface area contributed by atoms with Crippen molar-refractivity contribution >= 4 is 23.4 Å². The number of hydrogen-bond donors (Lipinski definition) is 1. The Morgan fingerprint density at radius 3 is 2.76 bits per heavy atom. The molecule has 0 spiro atoms. The summed E-state index contributed by atoms with van der Waals surface area (Å²) in [6.45, 7) is 8.11. The second-order valence-electron chi connectivity index (χ2n) is 3.94. The van der Waals surface area contributed by atoms with E-state index in [0.717, 1.165) is 10.7 Å². The summed E-state index contributed by atoms with van der Waals surface area (Å²) in [5.41, 5.74) is 7.39. The van der Waals surface area contributed by atoms with E-state index < -0.39 is 0 Å². The zero-order chi connectivity index (χ0) is 13.0. The minimum atomic E-state index is -0.231. The van der Waals surface area contributed by atoms with E-state index in [-0.39, 0.29) is 17.8 Å². The van der Waals surface area contributed by atoms with Gasteiger partial charge in [-0.1, -0.05) is 11.8 Å². The third kappa shape index (κ3) is 3.39. The lowest BCUT2D eigenvalue weighted by atomic mass is 10.4. The molecule has 0 aliphatic rings. The Hall–Kier alpha value is -1.17. The molecular weight excluding hydrogens is 238 g/mol. The van der Waals surface area contributed by atoms with Crippen molar-refractivity contribution in [2.75, 3.05) is 18.1 Å². The highest BCUT2D eigenvalue weighted by Crippen LogP contribution is 2.30. The van der Waals surface area contributed by atoms with Crippen LogP contribution in [0.2, 0.25) is 0 Å². The van der Waals surface area contributed by atoms with Crippen molar-refractivity contribution in [1.29, 1.82) is 0 Å². The van der Waals surface area contributed by atoms with Crippen LogP contribution in [0.1, 0.15) is 32.5 Å². The van der Waals surface area contributed by atoms with Gasteiger partial charge in [-0.15, -0.1) is 0 Å². The van der Waals surface area contributed by atoms with Gasteiger partial charge < -0.3 is 10.5 Å². The molecule has 1 rings (SSSR count). The van der Waals surface area contributed by atoms with Gasteiger partial charge in [0.15, 0.2) is 0 Å². The number of esters is 1. The number of carbonyl (C=O) groups excluding carboxylic acids is 1. The zero-order valence-electron chi connectivity index (χ0n) is 10.7. The van der Waals surface area contributed by atoms with Crippen LogP contribution in [0, 0.1) is 6.92 Å². The zero-order valence-corrected chi connectivity index (χ0v) is 11.5. The summed E-state index contributed by atoms with van der Waals surface area (Å²) < 4.78 is 6.72. The molecule has 0 atom stereocenters. The predicted molar refractivity (Wildman–Crippen MR) is 69.1 cm³/mol. The number of rotatable bonds is 5. The maximum Gasteiger partial charge on any atom is 0.316 e. The molecule has 6 heteroatoms. The monoisotopic (exact) mass is 257 g/mol. The third-order valence-corrected chi connectivity index (χ3v) is 3.27. The van der Waals surface area contributed by atoms with E-state index in [4.69, 9.17) is 10.5 Å². The fourth-order valence-corrected chi connectivity index (χ4v) is 2.39. The number of aryl methyl sites for hydroxylation is 1. The molecule has 0 saturated carbocycles. The van der Waals surface area contributed by atoms with E-state index in [9.17, 15) is 4.79 Å². The molecule has 0 fully saturated rings. The van der Waals surface area contributed by atoms with Gasteiger partial charge in [0, 0.05) is 6.04 Å². The van der Waals surface area contributed by atoms with E-state index in [0.29, 0.717) is 12.3 Å². The maximum absolute atomic E-state index is 11.3. The van der Waals surface area contributed by atoms with Gasteiger partial charge in [0.2, 0.25) is 0 Å². The quantitative estimate of drug-likeness (QED) is 0.645. The van der Waals surface area contributed by atoms with Crippen LogP contribution in [0.15, 0.2) is 5.03 Å². The Bertz CT molecular complexity index is 402. The van der Waals surface area contributed by atoms with Crippen LogP contribution in [-0.4, -0.2) is 28.1 Å². The number of thioether (sulfide) groups is 1. The van der Waals surface area contributed by atoms with Gasteiger partial charge in [-0.05, 0) is 27.7 Å². The van der Waals surface area contributed by atoms with Crippen molar-refractivity contribution in [3.63, 3.8) is 0 Å². The van der Waals surface area contributed by atoms with E-state index in [1.54, 1.807) is 6.92 Å². The highest BCUT2D eigenvalue weighted by atomic mass is 32.2. The number of ether oxygens (including phenoxy) is 1. The number of nitrogens with zero attached hydrogens (tertiary/aromatic N) is 2. The molecule has 0 unspecified atom stereocenters. The molecule has 1 heterocycles. The van der Waals surface area contributed by atoms with Crippen LogP contribution < -0.4 is 5.73 Å². The summed E-state index contributed by atoms with van der Waals surface area (Å²) in [6.07, 6.45) is 0. The Balaban J connectivity index is 2.79. The van der Waals surface area contributed by atoms with E-state index in [1.165, 1.54) is 11.8 Å². The van der Waals surface area contributed by atoms with Crippen LogP contribution in [0.3, 0.4) is 0 Å². The Morgan fingerprint density at radius 2 is 2.24 bits per heavy atom. The Morgan fingerprint density at radius 1 is 1.59 bits per heavy atom. The van der Waals surface area contributed by atoms with Crippen molar-refractivity contribution in [3.8, 4) is 0 Å². The predicted octanol–water partition coefficient (Wildman–Crippen LogP) is 2.01. The molecule has 1 aromatic rings. The van der Waals surface area contributed by atoms with Crippen LogP contribution in [0.25, 0.3) is 0 Å². The van der Waals surface area contributed by atoms with Gasteiger partial charge in [0.1, 0.15) is 5.03 Å². The largest absolute Gasteiger partial charge is 0.465 e. The second kappa shape index (κ2) is 5.95. The fourth-order valence-electron chi connectivity index (χ4n) is 1.36. The first kappa shape index (κ1) is 13.9. The van der Waals surface area contributed by atoms with Crippen molar-refractivity contribution in [2.45, 2.75) is 38.8 Å². The lowest BCUT2D eigenvalue weighted by Crippen LogP contribution is -2.09. The SMILES string of the molecule is CCOC(=O)CSc1c(N)c(C)nn1C(C)C. The first-order valence-electron chi connectivity index (χ1n) is 5.60. The summed E-state index contributed by atoms with van der Waals surface area (Å²) in [4.78, 5) is 11.3. The lowest BCUT2D eigenvalue weighted by molar-refractivity contribution is -0.139. The first-order valence-corrected chi connectivity index (χ1v) is 6.58. The normalized spacial score (nSPS) is 10.9. The summed E-state index contributed by atoms with van der Waals surface area (Å²) >= 11 is 1.37. The number of nitrogen functional groups attached to an aromatic ring is 1. The second-order valence-corrected chi connectivity index (χ2v) is 4.90. The molecule has 96 valence electrons. The molecule has 0 aliphatic heterocycles. The molecular formula is C11H19N3O2S. The molecule has 17 heavy (non-hydrogen) atoms. The van der Waals surface area contributed by atoms with Crippen LogP contribution in [0.5, 0.6) is 0 Å². The smallest absolute Gasteiger partial charge is 0.316 e. The van der Waals surface area contributed by atoms with Gasteiger partial charge in [0.05, 0.1) is 23.7 Å². The molecule has 0 amide bonds. The Kier molecular flexibility index (Phi) is 4.86. The summed E-state index contributed by atoms with van der Waals surface area (Å²) in [5.74, 6) is 0.0293. The minimum absolute atomic E-state index is 0.218. The van der Waals surface area contributed by atoms with E-state index in [1.807, 2.05) is 25.5 Å². The molecule has 0 bridgehead atoms. The number of carbonyl (C=O) groups is 1. The van der Waals surface area contributed by atoms with Crippen molar-refractivity contribution in [3.05, 3.63) is 5.69 Å². The average Bonchev–Trinajstić information content (AvgIpc) is 2.54. The average molecular weight is 257 g/mol. The fraction of sp³-hybridized carbons (Fsp3) is 0.636. The molecule has 0 aromatic carbocycles. The topological polar surface area (TPSA) is 70.1 Å². The standard InChI is InChI=1S/C11H19N3O2S/c1-5-16-9(15)6-17-11-10(12)8(4)13-14(11)7(2)3/h7H,5-6,12H2,1-4H3. The van der Waals surface area contributed by atoms with Crippen molar-refractivity contribution in [1.82, 2.24) is 9.78 Å². The Labute approximate surface area is 106 Å². The van der Waals surface area contributed by atoms with Crippen molar-refractivity contribution < 1.29 is 9.53 Å². The van der Waals surface area contributed by atoms with Crippen LogP contribution >= 0.6 is 11.8 Å². The molecule has 2 N–H and O–H groups in total. The molecule has 0 aliphatic carbocycles. The van der Waals surface area contributed by atoms with Gasteiger partial charge in [-0.3, -0.25) is 9.48 Å². The number of anilines is 1. The number of hydrogen-bond acceptors (Lipinski definition) is 5. The van der Waals surface area contributed by atoms with Gasteiger partial charge in [-0.25, -0.2) is 0 Å². The summed E-state index contributed by atoms with van der Waals surface area (Å²) in [7, 11) is 0. The number of aromatic nitrogens is 2. The van der Waals surface area contributed by atoms with Crippen molar-refractivity contribution in [2.24, 2.45) is 0 Å². The maximum atomic E-state index is 11.3. The first-order chi connectivity index (χ1) is 7.97. The molecule has 5 nitrogen and oxygen atoms in total. The highest BCUT2D eigenvalue weighted by molar-refractivity contribution is 8.00. The van der Waals surface area contributed by atoms with Gasteiger partial charge in [-0.2, -0.15) is 5.10 Å². The third-order valence-electron chi connectivity index (χ3n) is 2.21. The molecule has 0 saturated heterocycles. The van der Waals surface area contributed by atoms with E-state index >= 15 is 0 Å².